The Morgan fingerprint density at radius 3 is 2.09 bits per heavy atom. The topological polar surface area (TPSA) is 130 Å². The molecule has 1 aliphatic rings. The molecule has 0 saturated heterocycles. The Balaban J connectivity index is 0.000000255. The second kappa shape index (κ2) is 10.9. The average Bonchev–Trinajstić information content (AvgIpc) is 2.95. The minimum absolute atomic E-state index is 0.0191. The van der Waals surface area contributed by atoms with Crippen molar-refractivity contribution in [2.45, 2.75) is 51.4 Å². The number of phenols is 1. The lowest BCUT2D eigenvalue weighted by Gasteiger charge is -2.49. The fourth-order valence-electron chi connectivity index (χ4n) is 5.67. The number of nitrogens with two attached hydrogens (primary N) is 1. The third-order valence-electron chi connectivity index (χ3n) is 8.13. The van der Waals surface area contributed by atoms with Gasteiger partial charge in [-0.15, -0.1) is 0 Å². The van der Waals surface area contributed by atoms with Crippen LogP contribution < -0.4 is 11.1 Å². The molecule has 0 fully saturated rings. The summed E-state index contributed by atoms with van der Waals surface area (Å²) in [5.74, 6) is -2.68. The van der Waals surface area contributed by atoms with Crippen molar-refractivity contribution in [1.82, 2.24) is 19.9 Å². The van der Waals surface area contributed by atoms with Gasteiger partial charge in [-0.25, -0.2) is 24.3 Å². The van der Waals surface area contributed by atoms with Crippen LogP contribution in [0.2, 0.25) is 0 Å². The van der Waals surface area contributed by atoms with Crippen LogP contribution in [-0.2, 0) is 0 Å². The lowest BCUT2D eigenvalue weighted by atomic mass is 9.64. The quantitative estimate of drug-likeness (QED) is 0.135. The molecule has 224 valence electrons. The standard InChI is InChI=1S/C22H21F4N3O2.C9H9N3/c1-10-11(2)21(31,22(24,25)26)20(13-7-8-15(23)19(30)18(10)13)29-17-6-4-5-16-14(17)9-27-12(3)28-16;1-6-11-5-7-8(10)3-2-4-9(7)12-6/h4-11,20,29-31H,1-3H3;2-5H,10H2,1H3. The molecule has 4 atom stereocenters. The number of hydrogen-bond acceptors (Lipinski definition) is 8. The van der Waals surface area contributed by atoms with E-state index in [2.05, 4.69) is 25.3 Å². The third kappa shape index (κ3) is 5.16. The highest BCUT2D eigenvalue weighted by Gasteiger charge is 2.66. The molecule has 0 spiro atoms. The van der Waals surface area contributed by atoms with Gasteiger partial charge in [0, 0.05) is 46.0 Å². The molecule has 0 bridgehead atoms. The number of hydrogen-bond donors (Lipinski definition) is 4. The van der Waals surface area contributed by atoms with Crippen molar-refractivity contribution in [3.05, 3.63) is 89.5 Å². The molecule has 2 aromatic heterocycles. The van der Waals surface area contributed by atoms with Crippen LogP contribution in [-0.4, -0.2) is 41.9 Å². The molecule has 0 amide bonds. The van der Waals surface area contributed by atoms with Crippen molar-refractivity contribution in [1.29, 1.82) is 0 Å². The molecule has 4 unspecified atom stereocenters. The minimum Gasteiger partial charge on any atom is -0.505 e. The maximum atomic E-state index is 14.3. The van der Waals surface area contributed by atoms with Crippen molar-refractivity contribution < 1.29 is 27.8 Å². The Morgan fingerprint density at radius 2 is 1.47 bits per heavy atom. The van der Waals surface area contributed by atoms with Gasteiger partial charge in [0.25, 0.3) is 0 Å². The Labute approximate surface area is 244 Å². The van der Waals surface area contributed by atoms with Crippen LogP contribution >= 0.6 is 0 Å². The van der Waals surface area contributed by atoms with Gasteiger partial charge in [0.15, 0.2) is 17.2 Å². The van der Waals surface area contributed by atoms with Crippen LogP contribution in [0.1, 0.15) is 48.6 Å². The molecule has 43 heavy (non-hydrogen) atoms. The van der Waals surface area contributed by atoms with Crippen LogP contribution in [0.4, 0.5) is 28.9 Å². The fourth-order valence-corrected chi connectivity index (χ4v) is 5.67. The summed E-state index contributed by atoms with van der Waals surface area (Å²) in [5, 5.41) is 25.6. The van der Waals surface area contributed by atoms with Crippen LogP contribution in [0.3, 0.4) is 0 Å². The molecule has 3 aromatic carbocycles. The Morgan fingerprint density at radius 1 is 0.884 bits per heavy atom. The van der Waals surface area contributed by atoms with E-state index in [1.54, 1.807) is 31.3 Å². The van der Waals surface area contributed by atoms with Gasteiger partial charge >= 0.3 is 6.18 Å². The number of aromatic nitrogens is 4. The van der Waals surface area contributed by atoms with E-state index in [9.17, 15) is 27.8 Å². The molecule has 0 saturated carbocycles. The van der Waals surface area contributed by atoms with Crippen molar-refractivity contribution in [3.63, 3.8) is 0 Å². The molecule has 0 aliphatic heterocycles. The zero-order valence-corrected chi connectivity index (χ0v) is 23.8. The van der Waals surface area contributed by atoms with Gasteiger partial charge in [0.05, 0.1) is 17.1 Å². The molecule has 12 heteroatoms. The number of benzene rings is 3. The molecule has 6 rings (SSSR count). The first-order valence-corrected chi connectivity index (χ1v) is 13.5. The second-order valence-corrected chi connectivity index (χ2v) is 10.7. The minimum atomic E-state index is -5.00. The zero-order valence-electron chi connectivity index (χ0n) is 23.8. The number of nitrogens with zero attached hydrogens (tertiary/aromatic N) is 4. The highest BCUT2D eigenvalue weighted by molar-refractivity contribution is 5.91. The fraction of sp³-hybridized carbons (Fsp3) is 0.290. The predicted octanol–water partition coefficient (Wildman–Crippen LogP) is 6.50. The van der Waals surface area contributed by atoms with E-state index in [-0.39, 0.29) is 16.8 Å². The summed E-state index contributed by atoms with van der Waals surface area (Å²) in [6.07, 6.45) is -1.75. The zero-order chi connectivity index (χ0) is 31.3. The van der Waals surface area contributed by atoms with Crippen molar-refractivity contribution in [2.24, 2.45) is 5.92 Å². The number of alkyl halides is 3. The highest BCUT2D eigenvalue weighted by atomic mass is 19.4. The molecule has 2 heterocycles. The normalized spacial score (nSPS) is 21.7. The summed E-state index contributed by atoms with van der Waals surface area (Å²) < 4.78 is 56.9. The Hall–Kier alpha value is -4.58. The summed E-state index contributed by atoms with van der Waals surface area (Å²) in [6.45, 7) is 6.24. The number of anilines is 2. The van der Waals surface area contributed by atoms with Gasteiger partial charge in [-0.05, 0) is 55.7 Å². The van der Waals surface area contributed by atoms with Gasteiger partial charge in [-0.2, -0.15) is 13.2 Å². The number of nitrogen functional groups attached to an aromatic ring is 1. The lowest BCUT2D eigenvalue weighted by Crippen LogP contribution is -2.60. The van der Waals surface area contributed by atoms with Gasteiger partial charge in [0.1, 0.15) is 11.6 Å². The number of phenolic OH excluding ortho intramolecular Hbond substituents is 1. The summed E-state index contributed by atoms with van der Waals surface area (Å²) >= 11 is 0. The maximum absolute atomic E-state index is 14.3. The summed E-state index contributed by atoms with van der Waals surface area (Å²) in [5.41, 5.74) is 5.01. The third-order valence-corrected chi connectivity index (χ3v) is 8.13. The van der Waals surface area contributed by atoms with E-state index < -0.39 is 41.2 Å². The Kier molecular flexibility index (Phi) is 7.59. The van der Waals surface area contributed by atoms with Crippen LogP contribution in [0.25, 0.3) is 21.8 Å². The van der Waals surface area contributed by atoms with Gasteiger partial charge in [-0.1, -0.05) is 32.0 Å². The van der Waals surface area contributed by atoms with Crippen LogP contribution in [0.5, 0.6) is 5.75 Å². The van der Waals surface area contributed by atoms with Gasteiger partial charge in [-0.3, -0.25) is 0 Å². The summed E-state index contributed by atoms with van der Waals surface area (Å²) in [7, 11) is 0. The lowest BCUT2D eigenvalue weighted by molar-refractivity contribution is -0.289. The summed E-state index contributed by atoms with van der Waals surface area (Å²) in [4.78, 5) is 16.7. The maximum Gasteiger partial charge on any atom is 0.419 e. The second-order valence-electron chi connectivity index (χ2n) is 10.7. The summed E-state index contributed by atoms with van der Waals surface area (Å²) in [6, 6.07) is 10.9. The number of rotatable bonds is 2. The van der Waals surface area contributed by atoms with E-state index in [1.165, 1.54) is 26.1 Å². The van der Waals surface area contributed by atoms with Crippen molar-refractivity contribution >= 4 is 33.2 Å². The first-order chi connectivity index (χ1) is 20.2. The predicted molar refractivity (Wildman–Crippen MR) is 156 cm³/mol. The van der Waals surface area contributed by atoms with Crippen LogP contribution in [0.15, 0.2) is 60.9 Å². The molecule has 1 aliphatic carbocycles. The first kappa shape index (κ1) is 29.9. The first-order valence-electron chi connectivity index (χ1n) is 13.5. The van der Waals surface area contributed by atoms with E-state index in [4.69, 9.17) is 5.73 Å². The molecule has 5 aromatic rings. The van der Waals surface area contributed by atoms with E-state index in [1.807, 2.05) is 25.1 Å². The molecule has 0 radical (unpaired) electrons. The van der Waals surface area contributed by atoms with Gasteiger partial charge in [0.2, 0.25) is 0 Å². The molecular formula is C31H30F4N6O2. The van der Waals surface area contributed by atoms with Crippen molar-refractivity contribution in [3.8, 4) is 5.75 Å². The number of aliphatic hydroxyl groups is 1. The van der Waals surface area contributed by atoms with E-state index >= 15 is 0 Å². The van der Waals surface area contributed by atoms with Crippen molar-refractivity contribution in [2.75, 3.05) is 11.1 Å². The largest absolute Gasteiger partial charge is 0.505 e. The monoisotopic (exact) mass is 594 g/mol. The molecule has 8 nitrogen and oxygen atoms in total. The molecular weight excluding hydrogens is 564 g/mol. The highest BCUT2D eigenvalue weighted by Crippen LogP contribution is 2.57. The number of aryl methyl sites for hydroxylation is 2. The van der Waals surface area contributed by atoms with Crippen LogP contribution in [0, 0.1) is 25.6 Å². The SMILES string of the molecule is Cc1ncc2c(N)cccc2n1.Cc1ncc2c(NC3c4ccc(F)c(O)c4C(C)C(C)C3(O)C(F)(F)F)cccc2n1. The average molecular weight is 595 g/mol. The van der Waals surface area contributed by atoms with Gasteiger partial charge < -0.3 is 21.3 Å². The number of aromatic hydroxyl groups is 1. The number of nitrogens with one attached hydrogen (secondary N) is 1. The number of halogens is 4. The van der Waals surface area contributed by atoms with E-state index in [0.29, 0.717) is 16.7 Å². The number of fused-ring (bicyclic) bond motifs is 3. The smallest absolute Gasteiger partial charge is 0.419 e. The van der Waals surface area contributed by atoms with E-state index in [0.717, 1.165) is 28.5 Å². The molecule has 5 N–H and O–H groups in total. The Bertz CT molecular complexity index is 1830.